The highest BCUT2D eigenvalue weighted by Crippen LogP contribution is 2.29. The third kappa shape index (κ3) is 3.21. The summed E-state index contributed by atoms with van der Waals surface area (Å²) in [6.07, 6.45) is 1.73. The molecule has 26 heavy (non-hydrogen) atoms. The van der Waals surface area contributed by atoms with Crippen LogP contribution in [0.4, 0.5) is 4.39 Å². The zero-order chi connectivity index (χ0) is 18.8. The maximum Gasteiger partial charge on any atom is 0.341 e. The van der Waals surface area contributed by atoms with Gasteiger partial charge >= 0.3 is 5.97 Å². The molecule has 3 rings (SSSR count). The number of nitrogens with zero attached hydrogens (tertiary/aromatic N) is 2. The van der Waals surface area contributed by atoms with Gasteiger partial charge in [0, 0.05) is 18.8 Å². The van der Waals surface area contributed by atoms with Crippen molar-refractivity contribution in [2.24, 2.45) is 7.05 Å². The van der Waals surface area contributed by atoms with E-state index in [2.05, 4.69) is 10.5 Å². The lowest BCUT2D eigenvalue weighted by atomic mass is 10.0. The van der Waals surface area contributed by atoms with Crippen molar-refractivity contribution in [2.45, 2.75) is 13.0 Å². The molecule has 0 aliphatic heterocycles. The van der Waals surface area contributed by atoms with E-state index in [0.717, 1.165) is 0 Å². The van der Waals surface area contributed by atoms with E-state index in [-0.39, 0.29) is 22.9 Å². The van der Waals surface area contributed by atoms with Crippen molar-refractivity contribution in [3.8, 4) is 11.3 Å². The van der Waals surface area contributed by atoms with Crippen LogP contribution in [0.1, 0.15) is 39.6 Å². The SMILES string of the molecule is CC(NC(=O)c1cccn1C)c1onc(-c2ccc(F)cc2)c1C(=O)O. The first-order chi connectivity index (χ1) is 12.4. The molecule has 2 N–H and O–H groups in total. The second kappa shape index (κ2) is 6.83. The highest BCUT2D eigenvalue weighted by molar-refractivity contribution is 5.97. The quantitative estimate of drug-likeness (QED) is 0.731. The molecule has 2 aromatic heterocycles. The minimum atomic E-state index is -1.25. The number of amides is 1. The Balaban J connectivity index is 1.92. The van der Waals surface area contributed by atoms with E-state index in [1.54, 1.807) is 36.9 Å². The molecule has 0 spiro atoms. The van der Waals surface area contributed by atoms with Gasteiger partial charge in [-0.3, -0.25) is 4.79 Å². The van der Waals surface area contributed by atoms with Crippen molar-refractivity contribution in [1.82, 2.24) is 15.0 Å². The van der Waals surface area contributed by atoms with E-state index in [1.807, 2.05) is 0 Å². The van der Waals surface area contributed by atoms with Gasteiger partial charge in [0.15, 0.2) is 5.76 Å². The van der Waals surface area contributed by atoms with Gasteiger partial charge in [-0.05, 0) is 43.3 Å². The molecule has 1 amide bonds. The molecule has 134 valence electrons. The van der Waals surface area contributed by atoms with Crippen LogP contribution in [0, 0.1) is 5.82 Å². The topological polar surface area (TPSA) is 97.4 Å². The van der Waals surface area contributed by atoms with Crippen molar-refractivity contribution in [3.05, 3.63) is 65.4 Å². The number of aryl methyl sites for hydroxylation is 1. The first kappa shape index (κ1) is 17.4. The molecule has 0 radical (unpaired) electrons. The molecule has 0 fully saturated rings. The molecule has 3 aromatic rings. The molecule has 7 nitrogen and oxygen atoms in total. The summed E-state index contributed by atoms with van der Waals surface area (Å²) in [5, 5.41) is 16.1. The number of carbonyl (C=O) groups is 2. The minimum Gasteiger partial charge on any atom is -0.477 e. The van der Waals surface area contributed by atoms with E-state index >= 15 is 0 Å². The zero-order valence-corrected chi connectivity index (χ0v) is 14.1. The molecule has 1 aromatic carbocycles. The average molecular weight is 357 g/mol. The summed E-state index contributed by atoms with van der Waals surface area (Å²) < 4.78 is 19.9. The van der Waals surface area contributed by atoms with Crippen LogP contribution in [0.15, 0.2) is 47.1 Å². The summed E-state index contributed by atoms with van der Waals surface area (Å²) in [4.78, 5) is 24.0. The number of hydrogen-bond acceptors (Lipinski definition) is 4. The molecule has 0 saturated heterocycles. The van der Waals surface area contributed by atoms with E-state index < -0.39 is 17.8 Å². The molecule has 0 aliphatic rings. The maximum atomic E-state index is 13.1. The lowest BCUT2D eigenvalue weighted by Gasteiger charge is -2.12. The van der Waals surface area contributed by atoms with E-state index in [9.17, 15) is 19.1 Å². The summed E-state index contributed by atoms with van der Waals surface area (Å²) >= 11 is 0. The number of nitrogens with one attached hydrogen (secondary N) is 1. The van der Waals surface area contributed by atoms with Crippen LogP contribution in [-0.4, -0.2) is 26.7 Å². The lowest BCUT2D eigenvalue weighted by Crippen LogP contribution is -2.28. The largest absolute Gasteiger partial charge is 0.477 e. The Morgan fingerprint density at radius 1 is 1.27 bits per heavy atom. The van der Waals surface area contributed by atoms with Gasteiger partial charge in [0.05, 0.1) is 6.04 Å². The Hall–Kier alpha value is -3.42. The fraction of sp³-hybridized carbons (Fsp3) is 0.167. The number of carboxylic acids is 1. The van der Waals surface area contributed by atoms with Gasteiger partial charge in [0.25, 0.3) is 5.91 Å². The fourth-order valence-corrected chi connectivity index (χ4v) is 2.64. The Morgan fingerprint density at radius 2 is 1.96 bits per heavy atom. The Morgan fingerprint density at radius 3 is 2.54 bits per heavy atom. The van der Waals surface area contributed by atoms with Crippen LogP contribution >= 0.6 is 0 Å². The smallest absolute Gasteiger partial charge is 0.341 e. The molecule has 1 atom stereocenters. The van der Waals surface area contributed by atoms with Crippen molar-refractivity contribution in [2.75, 3.05) is 0 Å². The van der Waals surface area contributed by atoms with Crippen molar-refractivity contribution >= 4 is 11.9 Å². The minimum absolute atomic E-state index is 0.0133. The fourth-order valence-electron chi connectivity index (χ4n) is 2.64. The van der Waals surface area contributed by atoms with Crippen molar-refractivity contribution in [1.29, 1.82) is 0 Å². The number of hydrogen-bond donors (Lipinski definition) is 2. The third-order valence-corrected chi connectivity index (χ3v) is 3.97. The highest BCUT2D eigenvalue weighted by atomic mass is 19.1. The van der Waals surface area contributed by atoms with Gasteiger partial charge in [0.1, 0.15) is 22.8 Å². The van der Waals surface area contributed by atoms with Crippen molar-refractivity contribution < 1.29 is 23.6 Å². The van der Waals surface area contributed by atoms with Gasteiger partial charge in [0.2, 0.25) is 0 Å². The van der Waals surface area contributed by atoms with Gasteiger partial charge in [-0.2, -0.15) is 0 Å². The zero-order valence-electron chi connectivity index (χ0n) is 14.1. The second-order valence-electron chi connectivity index (χ2n) is 5.78. The van der Waals surface area contributed by atoms with Crippen LogP contribution in [0.5, 0.6) is 0 Å². The third-order valence-electron chi connectivity index (χ3n) is 3.97. The Bertz CT molecular complexity index is 959. The summed E-state index contributed by atoms with van der Waals surface area (Å²) in [5.41, 5.74) is 0.732. The van der Waals surface area contributed by atoms with Crippen molar-refractivity contribution in [3.63, 3.8) is 0 Å². The van der Waals surface area contributed by atoms with Crippen LogP contribution in [-0.2, 0) is 7.05 Å². The van der Waals surface area contributed by atoms with E-state index in [4.69, 9.17) is 4.52 Å². The second-order valence-corrected chi connectivity index (χ2v) is 5.78. The Kier molecular flexibility index (Phi) is 4.57. The molecular formula is C18H16FN3O4. The summed E-state index contributed by atoms with van der Waals surface area (Å²) in [7, 11) is 1.73. The first-order valence-corrected chi connectivity index (χ1v) is 7.79. The summed E-state index contributed by atoms with van der Waals surface area (Å²) in [6.45, 7) is 1.60. The summed E-state index contributed by atoms with van der Waals surface area (Å²) in [6, 6.07) is 7.87. The predicted molar refractivity (Wildman–Crippen MR) is 90.2 cm³/mol. The van der Waals surface area contributed by atoms with Crippen LogP contribution < -0.4 is 5.32 Å². The average Bonchev–Trinajstić information content (AvgIpc) is 3.21. The van der Waals surface area contributed by atoms with E-state index in [1.165, 1.54) is 24.3 Å². The lowest BCUT2D eigenvalue weighted by molar-refractivity contribution is 0.0692. The monoisotopic (exact) mass is 357 g/mol. The van der Waals surface area contributed by atoms with Crippen LogP contribution in [0.3, 0.4) is 0 Å². The molecule has 2 heterocycles. The Labute approximate surface area is 148 Å². The van der Waals surface area contributed by atoms with Crippen LogP contribution in [0.25, 0.3) is 11.3 Å². The van der Waals surface area contributed by atoms with Gasteiger partial charge < -0.3 is 19.5 Å². The molecular weight excluding hydrogens is 341 g/mol. The first-order valence-electron chi connectivity index (χ1n) is 7.79. The highest BCUT2D eigenvalue weighted by Gasteiger charge is 2.28. The normalized spacial score (nSPS) is 12.0. The molecule has 1 unspecified atom stereocenters. The molecule has 0 saturated carbocycles. The van der Waals surface area contributed by atoms with Crippen LogP contribution in [0.2, 0.25) is 0 Å². The number of aromatic carboxylic acids is 1. The standard InChI is InChI=1S/C18H16FN3O4/c1-10(20-17(23)13-4-3-9-22(13)2)16-14(18(24)25)15(21-26-16)11-5-7-12(19)8-6-11/h3-10H,1-2H3,(H,20,23)(H,24,25). The number of carboxylic acid groups (broad SMARTS) is 1. The molecule has 0 bridgehead atoms. The number of carbonyl (C=O) groups excluding carboxylic acids is 1. The summed E-state index contributed by atoms with van der Waals surface area (Å²) in [5.74, 6) is -2.06. The number of benzene rings is 1. The number of halogens is 1. The van der Waals surface area contributed by atoms with Gasteiger partial charge in [-0.1, -0.05) is 5.16 Å². The van der Waals surface area contributed by atoms with E-state index in [0.29, 0.717) is 11.3 Å². The predicted octanol–water partition coefficient (Wildman–Crippen LogP) is 3.01. The number of rotatable bonds is 5. The van der Waals surface area contributed by atoms with Gasteiger partial charge in [-0.25, -0.2) is 9.18 Å². The van der Waals surface area contributed by atoms with Gasteiger partial charge in [-0.15, -0.1) is 0 Å². The maximum absolute atomic E-state index is 13.1. The molecule has 0 aliphatic carbocycles. The number of aromatic nitrogens is 2. The molecule has 8 heteroatoms.